The van der Waals surface area contributed by atoms with Gasteiger partial charge >= 0.3 is 6.18 Å². The molecule has 5 heteroatoms. The van der Waals surface area contributed by atoms with Gasteiger partial charge in [0, 0.05) is 24.3 Å². The van der Waals surface area contributed by atoms with E-state index >= 15 is 0 Å². The Kier molecular flexibility index (Phi) is 4.28. The first-order chi connectivity index (χ1) is 9.32. The van der Waals surface area contributed by atoms with E-state index in [9.17, 15) is 13.2 Å². The summed E-state index contributed by atoms with van der Waals surface area (Å²) in [5, 5.41) is 0. The number of nitrogen functional groups attached to an aromatic ring is 1. The number of likely N-dealkylation sites (tertiary alicyclic amines) is 1. The molecule has 112 valence electrons. The molecule has 1 fully saturated rings. The number of alkyl halides is 3. The Labute approximate surface area is 117 Å². The highest BCUT2D eigenvalue weighted by atomic mass is 19.4. The van der Waals surface area contributed by atoms with Crippen LogP contribution in [0.5, 0.6) is 0 Å². The van der Waals surface area contributed by atoms with E-state index < -0.39 is 11.7 Å². The van der Waals surface area contributed by atoms with Crippen LogP contribution in [0, 0.1) is 0 Å². The zero-order chi connectivity index (χ0) is 14.9. The summed E-state index contributed by atoms with van der Waals surface area (Å²) in [6.07, 6.45) is -1.27. The average Bonchev–Trinajstić information content (AvgIpc) is 2.71. The number of halogens is 3. The number of anilines is 1. The molecule has 2 N–H and O–H groups in total. The third kappa shape index (κ3) is 3.08. The van der Waals surface area contributed by atoms with E-state index in [4.69, 9.17) is 5.73 Å². The van der Waals surface area contributed by atoms with Crippen molar-refractivity contribution in [2.24, 2.45) is 0 Å². The lowest BCUT2D eigenvalue weighted by Crippen LogP contribution is -2.34. The molecule has 1 aromatic rings. The third-order valence-electron chi connectivity index (χ3n) is 4.22. The molecule has 0 bridgehead atoms. The molecule has 1 aromatic carbocycles. The Bertz CT molecular complexity index is 471. The van der Waals surface area contributed by atoms with Gasteiger partial charge in [-0.3, -0.25) is 4.90 Å². The molecular formula is C15H21F3N2. The normalized spacial score (nSPS) is 24.2. The van der Waals surface area contributed by atoms with E-state index in [2.05, 4.69) is 18.7 Å². The smallest absolute Gasteiger partial charge is 0.399 e. The maximum Gasteiger partial charge on any atom is 0.416 e. The quantitative estimate of drug-likeness (QED) is 0.849. The predicted molar refractivity (Wildman–Crippen MR) is 74.2 cm³/mol. The summed E-state index contributed by atoms with van der Waals surface area (Å²) in [5.74, 6) is 0. The number of hydrogen-bond acceptors (Lipinski definition) is 2. The molecule has 2 rings (SSSR count). The van der Waals surface area contributed by atoms with Crippen LogP contribution in [0.15, 0.2) is 18.2 Å². The van der Waals surface area contributed by atoms with E-state index in [0.717, 1.165) is 25.3 Å². The van der Waals surface area contributed by atoms with Crippen LogP contribution in [-0.2, 0) is 12.7 Å². The summed E-state index contributed by atoms with van der Waals surface area (Å²) < 4.78 is 39.3. The molecule has 1 aliphatic heterocycles. The highest BCUT2D eigenvalue weighted by Gasteiger charge is 2.36. The van der Waals surface area contributed by atoms with Crippen molar-refractivity contribution >= 4 is 5.69 Å². The molecule has 0 amide bonds. The molecule has 1 saturated heterocycles. The van der Waals surface area contributed by atoms with Gasteiger partial charge in [-0.25, -0.2) is 0 Å². The first-order valence-corrected chi connectivity index (χ1v) is 7.04. The van der Waals surface area contributed by atoms with E-state index in [1.807, 2.05) is 0 Å². The van der Waals surface area contributed by atoms with Gasteiger partial charge in [-0.2, -0.15) is 13.2 Å². The fraction of sp³-hybridized carbons (Fsp3) is 0.600. The van der Waals surface area contributed by atoms with Crippen molar-refractivity contribution in [1.82, 2.24) is 4.90 Å². The number of hydrogen-bond donors (Lipinski definition) is 1. The Hall–Kier alpha value is -1.23. The summed E-state index contributed by atoms with van der Waals surface area (Å²) in [7, 11) is 0. The second kappa shape index (κ2) is 5.64. The van der Waals surface area contributed by atoms with Gasteiger partial charge in [0.05, 0.1) is 5.56 Å². The Morgan fingerprint density at radius 2 is 2.00 bits per heavy atom. The SMILES string of the molecule is CCC1CCC(C)N1Cc1ccc(N)cc1C(F)(F)F. The fourth-order valence-electron chi connectivity index (χ4n) is 3.04. The molecule has 2 atom stereocenters. The van der Waals surface area contributed by atoms with Crippen LogP contribution < -0.4 is 5.73 Å². The summed E-state index contributed by atoms with van der Waals surface area (Å²) in [6.45, 7) is 4.51. The molecular weight excluding hydrogens is 265 g/mol. The molecule has 1 heterocycles. The topological polar surface area (TPSA) is 29.3 Å². The van der Waals surface area contributed by atoms with Crippen molar-refractivity contribution < 1.29 is 13.2 Å². The average molecular weight is 286 g/mol. The lowest BCUT2D eigenvalue weighted by atomic mass is 10.0. The van der Waals surface area contributed by atoms with Crippen molar-refractivity contribution in [3.63, 3.8) is 0 Å². The van der Waals surface area contributed by atoms with Gasteiger partial charge in [0.1, 0.15) is 0 Å². The van der Waals surface area contributed by atoms with E-state index in [-0.39, 0.29) is 5.69 Å². The van der Waals surface area contributed by atoms with Gasteiger partial charge in [-0.15, -0.1) is 0 Å². The van der Waals surface area contributed by atoms with Crippen LogP contribution in [-0.4, -0.2) is 17.0 Å². The molecule has 0 aliphatic carbocycles. The first-order valence-electron chi connectivity index (χ1n) is 7.04. The summed E-state index contributed by atoms with van der Waals surface area (Å²) >= 11 is 0. The Morgan fingerprint density at radius 3 is 2.60 bits per heavy atom. The third-order valence-corrected chi connectivity index (χ3v) is 4.22. The number of rotatable bonds is 3. The van der Waals surface area contributed by atoms with Gasteiger partial charge < -0.3 is 5.73 Å². The lowest BCUT2D eigenvalue weighted by Gasteiger charge is -2.29. The second-order valence-electron chi connectivity index (χ2n) is 5.58. The van der Waals surface area contributed by atoms with Gasteiger partial charge in [0.25, 0.3) is 0 Å². The van der Waals surface area contributed by atoms with Crippen molar-refractivity contribution in [1.29, 1.82) is 0 Å². The van der Waals surface area contributed by atoms with Crippen molar-refractivity contribution in [2.75, 3.05) is 5.73 Å². The Morgan fingerprint density at radius 1 is 1.30 bits per heavy atom. The van der Waals surface area contributed by atoms with Crippen molar-refractivity contribution in [3.8, 4) is 0 Å². The first kappa shape index (κ1) is 15.2. The van der Waals surface area contributed by atoms with Gasteiger partial charge in [0.15, 0.2) is 0 Å². The standard InChI is InChI=1S/C15H21F3N2/c1-3-13-7-4-10(2)20(13)9-11-5-6-12(19)8-14(11)15(16,17)18/h5-6,8,10,13H,3-4,7,9,19H2,1-2H3. The lowest BCUT2D eigenvalue weighted by molar-refractivity contribution is -0.138. The minimum Gasteiger partial charge on any atom is -0.399 e. The van der Waals surface area contributed by atoms with Gasteiger partial charge in [0.2, 0.25) is 0 Å². The van der Waals surface area contributed by atoms with E-state index in [1.54, 1.807) is 6.07 Å². The van der Waals surface area contributed by atoms with Crippen LogP contribution in [0.2, 0.25) is 0 Å². The van der Waals surface area contributed by atoms with Crippen LogP contribution in [0.1, 0.15) is 44.2 Å². The van der Waals surface area contributed by atoms with Crippen LogP contribution in [0.3, 0.4) is 0 Å². The minimum absolute atomic E-state index is 0.155. The molecule has 20 heavy (non-hydrogen) atoms. The molecule has 0 radical (unpaired) electrons. The second-order valence-corrected chi connectivity index (χ2v) is 5.58. The van der Waals surface area contributed by atoms with Crippen LogP contribution >= 0.6 is 0 Å². The minimum atomic E-state index is -4.35. The van der Waals surface area contributed by atoms with Crippen molar-refractivity contribution in [3.05, 3.63) is 29.3 Å². The molecule has 0 spiro atoms. The van der Waals surface area contributed by atoms with Crippen LogP contribution in [0.25, 0.3) is 0 Å². The zero-order valence-corrected chi connectivity index (χ0v) is 11.9. The van der Waals surface area contributed by atoms with Crippen LogP contribution in [0.4, 0.5) is 18.9 Å². The molecule has 1 aliphatic rings. The maximum absolute atomic E-state index is 13.1. The van der Waals surface area contributed by atoms with Gasteiger partial charge in [-0.05, 0) is 43.9 Å². The number of benzene rings is 1. The predicted octanol–water partition coefficient (Wildman–Crippen LogP) is 4.05. The summed E-state index contributed by atoms with van der Waals surface area (Å²) in [4.78, 5) is 2.18. The molecule has 2 unspecified atom stereocenters. The number of nitrogens with zero attached hydrogens (tertiary/aromatic N) is 1. The van der Waals surface area contributed by atoms with Crippen molar-refractivity contribution in [2.45, 2.75) is 57.9 Å². The van der Waals surface area contributed by atoms with E-state index in [1.165, 1.54) is 6.07 Å². The van der Waals surface area contributed by atoms with E-state index in [0.29, 0.717) is 24.2 Å². The largest absolute Gasteiger partial charge is 0.416 e. The fourth-order valence-corrected chi connectivity index (χ4v) is 3.04. The van der Waals surface area contributed by atoms with Gasteiger partial charge in [-0.1, -0.05) is 13.0 Å². The molecule has 2 nitrogen and oxygen atoms in total. The summed E-state index contributed by atoms with van der Waals surface area (Å²) in [6, 6.07) is 4.81. The Balaban J connectivity index is 2.29. The number of nitrogens with two attached hydrogens (primary N) is 1. The molecule has 0 aromatic heterocycles. The monoisotopic (exact) mass is 286 g/mol. The molecule has 0 saturated carbocycles. The maximum atomic E-state index is 13.1. The highest BCUT2D eigenvalue weighted by molar-refractivity contribution is 5.46. The zero-order valence-electron chi connectivity index (χ0n) is 11.9. The summed E-state index contributed by atoms with van der Waals surface area (Å²) in [5.41, 5.74) is 5.37. The highest BCUT2D eigenvalue weighted by Crippen LogP contribution is 2.36.